The molecule has 0 aliphatic carbocycles. The molecular weight excluding hydrogens is 112 g/mol. The fourth-order valence-corrected chi connectivity index (χ4v) is 0.352. The number of methoxy groups -OCH3 is 1. The van der Waals surface area contributed by atoms with Crippen molar-refractivity contribution in [1.82, 2.24) is 0 Å². The van der Waals surface area contributed by atoms with Crippen LogP contribution in [-0.4, -0.2) is 7.11 Å². The van der Waals surface area contributed by atoms with Crippen LogP contribution in [0.3, 0.4) is 0 Å². The van der Waals surface area contributed by atoms with E-state index in [1.807, 2.05) is 19.1 Å². The minimum atomic E-state index is 0.941. The molecule has 1 nitrogen and oxygen atoms in total. The molecule has 0 atom stereocenters. The molecule has 0 aromatic carbocycles. The van der Waals surface area contributed by atoms with Gasteiger partial charge in [-0.1, -0.05) is 11.6 Å². The highest BCUT2D eigenvalue weighted by Gasteiger charge is 1.78. The standard InChI is InChI=1S/C8H14O/c1-7(2)5-6-8(3)9-4/h5-6H,1-4H3. The molecule has 0 saturated carbocycles. The third-order valence-corrected chi connectivity index (χ3v) is 0.973. The molecule has 0 bridgehead atoms. The highest BCUT2D eigenvalue weighted by atomic mass is 16.5. The molecule has 0 radical (unpaired) electrons. The van der Waals surface area contributed by atoms with Crippen molar-refractivity contribution in [2.24, 2.45) is 0 Å². The molecule has 0 amide bonds. The zero-order valence-corrected chi connectivity index (χ0v) is 6.56. The lowest BCUT2D eigenvalue weighted by Gasteiger charge is -1.94. The van der Waals surface area contributed by atoms with Gasteiger partial charge in [0.2, 0.25) is 0 Å². The Morgan fingerprint density at radius 1 is 1.11 bits per heavy atom. The summed E-state index contributed by atoms with van der Waals surface area (Å²) in [4.78, 5) is 0. The summed E-state index contributed by atoms with van der Waals surface area (Å²) in [6, 6.07) is 0. The van der Waals surface area contributed by atoms with E-state index >= 15 is 0 Å². The smallest absolute Gasteiger partial charge is 0.0924 e. The van der Waals surface area contributed by atoms with Crippen molar-refractivity contribution in [2.45, 2.75) is 20.8 Å². The molecule has 0 saturated heterocycles. The highest BCUT2D eigenvalue weighted by Crippen LogP contribution is 1.95. The maximum absolute atomic E-state index is 4.92. The lowest BCUT2D eigenvalue weighted by atomic mass is 10.3. The first-order valence-electron chi connectivity index (χ1n) is 3.02. The molecule has 0 spiro atoms. The molecule has 52 valence electrons. The van der Waals surface area contributed by atoms with E-state index in [9.17, 15) is 0 Å². The van der Waals surface area contributed by atoms with Gasteiger partial charge in [-0.3, -0.25) is 0 Å². The quantitative estimate of drug-likeness (QED) is 0.408. The SMILES string of the molecule is COC(C)=CC=C(C)C. The van der Waals surface area contributed by atoms with Gasteiger partial charge in [-0.2, -0.15) is 0 Å². The summed E-state index contributed by atoms with van der Waals surface area (Å²) in [5.74, 6) is 0.941. The molecule has 0 aromatic heterocycles. The number of hydrogen-bond acceptors (Lipinski definition) is 1. The first kappa shape index (κ1) is 8.28. The number of rotatable bonds is 2. The predicted molar refractivity (Wildman–Crippen MR) is 40.2 cm³/mol. The van der Waals surface area contributed by atoms with Crippen LogP contribution in [0.25, 0.3) is 0 Å². The fraction of sp³-hybridized carbons (Fsp3) is 0.500. The maximum Gasteiger partial charge on any atom is 0.0924 e. The van der Waals surface area contributed by atoms with E-state index in [1.54, 1.807) is 7.11 Å². The second kappa shape index (κ2) is 4.19. The van der Waals surface area contributed by atoms with E-state index in [2.05, 4.69) is 13.8 Å². The second-order valence-corrected chi connectivity index (χ2v) is 2.23. The van der Waals surface area contributed by atoms with Gasteiger partial charge in [0.15, 0.2) is 0 Å². The monoisotopic (exact) mass is 126 g/mol. The Morgan fingerprint density at radius 2 is 1.67 bits per heavy atom. The van der Waals surface area contributed by atoms with Crippen molar-refractivity contribution in [3.8, 4) is 0 Å². The number of allylic oxidation sites excluding steroid dienone is 4. The van der Waals surface area contributed by atoms with Gasteiger partial charge in [-0.05, 0) is 26.8 Å². The van der Waals surface area contributed by atoms with Crippen molar-refractivity contribution in [3.63, 3.8) is 0 Å². The van der Waals surface area contributed by atoms with Crippen LogP contribution >= 0.6 is 0 Å². The summed E-state index contributed by atoms with van der Waals surface area (Å²) in [6.07, 6.45) is 3.98. The molecule has 0 heterocycles. The molecule has 0 aliphatic heterocycles. The van der Waals surface area contributed by atoms with Gasteiger partial charge < -0.3 is 4.74 Å². The van der Waals surface area contributed by atoms with Crippen molar-refractivity contribution in [1.29, 1.82) is 0 Å². The average molecular weight is 126 g/mol. The van der Waals surface area contributed by atoms with Crippen LogP contribution in [0.4, 0.5) is 0 Å². The van der Waals surface area contributed by atoms with Gasteiger partial charge in [0.25, 0.3) is 0 Å². The fourth-order valence-electron chi connectivity index (χ4n) is 0.352. The lowest BCUT2D eigenvalue weighted by Crippen LogP contribution is -1.76. The van der Waals surface area contributed by atoms with Gasteiger partial charge in [0.05, 0.1) is 12.9 Å². The molecule has 0 unspecified atom stereocenters. The summed E-state index contributed by atoms with van der Waals surface area (Å²) in [5.41, 5.74) is 1.28. The highest BCUT2D eigenvalue weighted by molar-refractivity contribution is 5.10. The molecule has 0 N–H and O–H groups in total. The normalized spacial score (nSPS) is 10.9. The average Bonchev–Trinajstić information content (AvgIpc) is 1.83. The van der Waals surface area contributed by atoms with E-state index in [-0.39, 0.29) is 0 Å². The van der Waals surface area contributed by atoms with Gasteiger partial charge in [-0.25, -0.2) is 0 Å². The Morgan fingerprint density at radius 3 is 2.00 bits per heavy atom. The summed E-state index contributed by atoms with van der Waals surface area (Å²) < 4.78 is 4.92. The minimum absolute atomic E-state index is 0.941. The van der Waals surface area contributed by atoms with E-state index < -0.39 is 0 Å². The third-order valence-electron chi connectivity index (χ3n) is 0.973. The molecule has 0 fully saturated rings. The van der Waals surface area contributed by atoms with Crippen molar-refractivity contribution >= 4 is 0 Å². The Hall–Kier alpha value is -0.720. The van der Waals surface area contributed by atoms with Gasteiger partial charge in [0.1, 0.15) is 0 Å². The Bertz CT molecular complexity index is 128. The summed E-state index contributed by atoms with van der Waals surface area (Å²) in [5, 5.41) is 0. The first-order chi connectivity index (χ1) is 4.16. The van der Waals surface area contributed by atoms with Crippen LogP contribution in [0.5, 0.6) is 0 Å². The van der Waals surface area contributed by atoms with E-state index in [1.165, 1.54) is 5.57 Å². The molecule has 0 aromatic rings. The van der Waals surface area contributed by atoms with E-state index in [4.69, 9.17) is 4.74 Å². The Kier molecular flexibility index (Phi) is 3.85. The zero-order valence-electron chi connectivity index (χ0n) is 6.56. The van der Waals surface area contributed by atoms with Crippen LogP contribution in [-0.2, 0) is 4.74 Å². The van der Waals surface area contributed by atoms with E-state index in [0.717, 1.165) is 5.76 Å². The van der Waals surface area contributed by atoms with E-state index in [0.29, 0.717) is 0 Å². The Balaban J connectivity index is 3.83. The van der Waals surface area contributed by atoms with Crippen LogP contribution in [0.15, 0.2) is 23.5 Å². The van der Waals surface area contributed by atoms with Crippen LogP contribution in [0.2, 0.25) is 0 Å². The molecular formula is C8H14O. The summed E-state index contributed by atoms with van der Waals surface area (Å²) >= 11 is 0. The van der Waals surface area contributed by atoms with Gasteiger partial charge in [0, 0.05) is 0 Å². The minimum Gasteiger partial charge on any atom is -0.501 e. The van der Waals surface area contributed by atoms with Gasteiger partial charge in [-0.15, -0.1) is 0 Å². The third kappa shape index (κ3) is 5.15. The molecule has 9 heavy (non-hydrogen) atoms. The predicted octanol–water partition coefficient (Wildman–Crippen LogP) is 2.50. The summed E-state index contributed by atoms with van der Waals surface area (Å²) in [6.45, 7) is 6.04. The van der Waals surface area contributed by atoms with Crippen molar-refractivity contribution < 1.29 is 4.74 Å². The first-order valence-corrected chi connectivity index (χ1v) is 3.02. The largest absolute Gasteiger partial charge is 0.501 e. The number of hydrogen-bond donors (Lipinski definition) is 0. The summed E-state index contributed by atoms with van der Waals surface area (Å²) in [7, 11) is 1.67. The van der Waals surface area contributed by atoms with Gasteiger partial charge >= 0.3 is 0 Å². The maximum atomic E-state index is 4.92. The lowest BCUT2D eigenvalue weighted by molar-refractivity contribution is 0.294. The topological polar surface area (TPSA) is 9.23 Å². The van der Waals surface area contributed by atoms with Crippen LogP contribution < -0.4 is 0 Å². The molecule has 0 aliphatic rings. The zero-order chi connectivity index (χ0) is 7.28. The van der Waals surface area contributed by atoms with Crippen molar-refractivity contribution in [2.75, 3.05) is 7.11 Å². The Labute approximate surface area is 57.0 Å². The molecule has 1 heteroatoms. The van der Waals surface area contributed by atoms with Crippen LogP contribution in [0.1, 0.15) is 20.8 Å². The van der Waals surface area contributed by atoms with Crippen LogP contribution in [0, 0.1) is 0 Å². The second-order valence-electron chi connectivity index (χ2n) is 2.23. The number of ether oxygens (including phenoxy) is 1. The molecule has 0 rings (SSSR count). The van der Waals surface area contributed by atoms with Crippen molar-refractivity contribution in [3.05, 3.63) is 23.5 Å².